The highest BCUT2D eigenvalue weighted by Gasteiger charge is 2.42. The molecular formula is C14H16BrNO4. The first-order chi connectivity index (χ1) is 9.56. The molecule has 1 N–H and O–H groups in total. The molecule has 0 bridgehead atoms. The molecule has 1 aromatic carbocycles. The summed E-state index contributed by atoms with van der Waals surface area (Å²) in [6, 6.07) is 6.71. The second kappa shape index (κ2) is 6.37. The molecule has 1 heterocycles. The Hall–Kier alpha value is -1.40. The van der Waals surface area contributed by atoms with Gasteiger partial charge in [-0.1, -0.05) is 41.1 Å². The van der Waals surface area contributed by atoms with Gasteiger partial charge in [-0.25, -0.2) is 4.79 Å². The Morgan fingerprint density at radius 1 is 1.50 bits per heavy atom. The average molecular weight is 342 g/mol. The Morgan fingerprint density at radius 2 is 2.20 bits per heavy atom. The van der Waals surface area contributed by atoms with E-state index in [2.05, 4.69) is 15.9 Å². The molecule has 1 aromatic rings. The SMILES string of the molecule is CCCN1C(=O)COC(C(=O)O)C1c1ccccc1Br. The lowest BCUT2D eigenvalue weighted by atomic mass is 9.97. The normalized spacial score (nSPS) is 22.9. The number of carboxylic acids is 1. The third-order valence-corrected chi connectivity index (χ3v) is 3.98. The van der Waals surface area contributed by atoms with Gasteiger partial charge in [-0.3, -0.25) is 4.79 Å². The van der Waals surface area contributed by atoms with Gasteiger partial charge in [-0.2, -0.15) is 0 Å². The molecule has 0 aromatic heterocycles. The number of carbonyl (C=O) groups excluding carboxylic acids is 1. The van der Waals surface area contributed by atoms with Crippen LogP contribution in [0, 0.1) is 0 Å². The molecular weight excluding hydrogens is 326 g/mol. The maximum absolute atomic E-state index is 12.0. The van der Waals surface area contributed by atoms with E-state index >= 15 is 0 Å². The first-order valence-electron chi connectivity index (χ1n) is 6.44. The topological polar surface area (TPSA) is 66.8 Å². The zero-order valence-corrected chi connectivity index (χ0v) is 12.7. The largest absolute Gasteiger partial charge is 0.479 e. The Kier molecular flexibility index (Phi) is 4.77. The molecule has 20 heavy (non-hydrogen) atoms. The predicted octanol–water partition coefficient (Wildman–Crippen LogP) is 2.21. The molecule has 1 aliphatic rings. The van der Waals surface area contributed by atoms with Crippen LogP contribution in [-0.4, -0.2) is 41.1 Å². The van der Waals surface area contributed by atoms with Crippen LogP contribution in [0.15, 0.2) is 28.7 Å². The van der Waals surface area contributed by atoms with Crippen molar-refractivity contribution in [2.75, 3.05) is 13.2 Å². The van der Waals surface area contributed by atoms with Crippen LogP contribution in [0.5, 0.6) is 0 Å². The summed E-state index contributed by atoms with van der Waals surface area (Å²) >= 11 is 3.42. The molecule has 1 aliphatic heterocycles. The van der Waals surface area contributed by atoms with Gasteiger partial charge in [0.05, 0.1) is 6.04 Å². The number of rotatable bonds is 4. The molecule has 108 valence electrons. The van der Waals surface area contributed by atoms with E-state index in [0.717, 1.165) is 16.5 Å². The van der Waals surface area contributed by atoms with Gasteiger partial charge < -0.3 is 14.7 Å². The fourth-order valence-corrected chi connectivity index (χ4v) is 2.93. The first-order valence-corrected chi connectivity index (χ1v) is 7.23. The van der Waals surface area contributed by atoms with Crippen molar-refractivity contribution in [3.63, 3.8) is 0 Å². The number of carbonyl (C=O) groups is 2. The van der Waals surface area contributed by atoms with Crippen LogP contribution >= 0.6 is 15.9 Å². The van der Waals surface area contributed by atoms with Crippen molar-refractivity contribution < 1.29 is 19.4 Å². The van der Waals surface area contributed by atoms with Crippen LogP contribution in [0.2, 0.25) is 0 Å². The number of hydrogen-bond acceptors (Lipinski definition) is 3. The third-order valence-electron chi connectivity index (χ3n) is 3.26. The summed E-state index contributed by atoms with van der Waals surface area (Å²) in [7, 11) is 0. The van der Waals surface area contributed by atoms with Gasteiger partial charge in [0.1, 0.15) is 6.61 Å². The van der Waals surface area contributed by atoms with Crippen molar-refractivity contribution in [2.45, 2.75) is 25.5 Å². The summed E-state index contributed by atoms with van der Waals surface area (Å²) in [5.41, 5.74) is 0.751. The van der Waals surface area contributed by atoms with Crippen LogP contribution in [-0.2, 0) is 14.3 Å². The lowest BCUT2D eigenvalue weighted by molar-refractivity contribution is -0.173. The fourth-order valence-electron chi connectivity index (χ4n) is 2.41. The minimum atomic E-state index is -1.06. The van der Waals surface area contributed by atoms with E-state index in [4.69, 9.17) is 4.74 Å². The van der Waals surface area contributed by atoms with Crippen molar-refractivity contribution in [2.24, 2.45) is 0 Å². The molecule has 2 atom stereocenters. The van der Waals surface area contributed by atoms with Gasteiger partial charge in [0, 0.05) is 11.0 Å². The van der Waals surface area contributed by atoms with Crippen molar-refractivity contribution in [1.29, 1.82) is 0 Å². The van der Waals surface area contributed by atoms with E-state index in [1.165, 1.54) is 0 Å². The molecule has 0 aliphatic carbocycles. The minimum Gasteiger partial charge on any atom is -0.479 e. The number of ether oxygens (including phenoxy) is 1. The monoisotopic (exact) mass is 341 g/mol. The number of morpholine rings is 1. The zero-order valence-electron chi connectivity index (χ0n) is 11.1. The number of halogens is 1. The zero-order chi connectivity index (χ0) is 14.7. The molecule has 2 unspecified atom stereocenters. The van der Waals surface area contributed by atoms with Crippen molar-refractivity contribution >= 4 is 27.8 Å². The lowest BCUT2D eigenvalue weighted by Gasteiger charge is -2.39. The van der Waals surface area contributed by atoms with E-state index in [-0.39, 0.29) is 12.5 Å². The molecule has 5 nitrogen and oxygen atoms in total. The number of carboxylic acid groups (broad SMARTS) is 1. The first kappa shape index (κ1) is 15.0. The second-order valence-corrected chi connectivity index (χ2v) is 5.48. The smallest absolute Gasteiger partial charge is 0.335 e. The predicted molar refractivity (Wildman–Crippen MR) is 76.3 cm³/mol. The van der Waals surface area contributed by atoms with Crippen molar-refractivity contribution in [1.82, 2.24) is 4.90 Å². The van der Waals surface area contributed by atoms with E-state index in [1.54, 1.807) is 4.90 Å². The fraction of sp³-hybridized carbons (Fsp3) is 0.429. The number of aliphatic carboxylic acids is 1. The maximum atomic E-state index is 12.0. The summed E-state index contributed by atoms with van der Waals surface area (Å²) < 4.78 is 6.01. The summed E-state index contributed by atoms with van der Waals surface area (Å²) in [6.45, 7) is 2.28. The van der Waals surface area contributed by atoms with E-state index in [9.17, 15) is 14.7 Å². The van der Waals surface area contributed by atoms with Gasteiger partial charge in [0.15, 0.2) is 6.10 Å². The van der Waals surface area contributed by atoms with Gasteiger partial charge in [0.2, 0.25) is 5.91 Å². The number of benzene rings is 1. The highest BCUT2D eigenvalue weighted by Crippen LogP contribution is 2.34. The van der Waals surface area contributed by atoms with Gasteiger partial charge in [0.25, 0.3) is 0 Å². The van der Waals surface area contributed by atoms with Gasteiger partial charge >= 0.3 is 5.97 Å². The van der Waals surface area contributed by atoms with E-state index in [1.807, 2.05) is 31.2 Å². The molecule has 2 rings (SSSR count). The molecule has 6 heteroatoms. The minimum absolute atomic E-state index is 0.176. The summed E-state index contributed by atoms with van der Waals surface area (Å²) in [4.78, 5) is 25.1. The average Bonchev–Trinajstić information content (AvgIpc) is 2.41. The van der Waals surface area contributed by atoms with Crippen molar-refractivity contribution in [3.8, 4) is 0 Å². The summed E-state index contributed by atoms with van der Waals surface area (Å²) in [6.07, 6.45) is -0.281. The highest BCUT2D eigenvalue weighted by molar-refractivity contribution is 9.10. The van der Waals surface area contributed by atoms with Gasteiger partial charge in [-0.15, -0.1) is 0 Å². The van der Waals surface area contributed by atoms with E-state index < -0.39 is 18.1 Å². The Labute approximate surface area is 125 Å². The van der Waals surface area contributed by atoms with Crippen LogP contribution in [0.4, 0.5) is 0 Å². The van der Waals surface area contributed by atoms with Crippen LogP contribution < -0.4 is 0 Å². The molecule has 1 amide bonds. The van der Waals surface area contributed by atoms with Gasteiger partial charge in [-0.05, 0) is 18.1 Å². The summed E-state index contributed by atoms with van der Waals surface area (Å²) in [5.74, 6) is -1.23. The Balaban J connectivity index is 2.46. The Morgan fingerprint density at radius 3 is 2.80 bits per heavy atom. The van der Waals surface area contributed by atoms with E-state index in [0.29, 0.717) is 6.54 Å². The summed E-state index contributed by atoms with van der Waals surface area (Å²) in [5, 5.41) is 9.35. The molecule has 0 radical (unpaired) electrons. The van der Waals surface area contributed by atoms with Crippen molar-refractivity contribution in [3.05, 3.63) is 34.3 Å². The lowest BCUT2D eigenvalue weighted by Crippen LogP contribution is -2.52. The third kappa shape index (κ3) is 2.86. The number of amides is 1. The Bertz CT molecular complexity index is 520. The van der Waals surface area contributed by atoms with Crippen LogP contribution in [0.25, 0.3) is 0 Å². The molecule has 0 spiro atoms. The number of nitrogens with zero attached hydrogens (tertiary/aromatic N) is 1. The maximum Gasteiger partial charge on any atom is 0.335 e. The highest BCUT2D eigenvalue weighted by atomic mass is 79.9. The second-order valence-electron chi connectivity index (χ2n) is 4.62. The standard InChI is InChI=1S/C14H16BrNO4/c1-2-7-16-11(17)8-20-13(14(18)19)12(16)9-5-3-4-6-10(9)15/h3-6,12-13H,2,7-8H2,1H3,(H,18,19). The number of hydrogen-bond donors (Lipinski definition) is 1. The molecule has 1 saturated heterocycles. The van der Waals surface area contributed by atoms with Crippen LogP contribution in [0.1, 0.15) is 24.9 Å². The molecule has 0 saturated carbocycles. The molecule has 1 fully saturated rings. The quantitative estimate of drug-likeness (QED) is 0.911. The van der Waals surface area contributed by atoms with Crippen LogP contribution in [0.3, 0.4) is 0 Å².